The van der Waals surface area contributed by atoms with Crippen LogP contribution in [-0.4, -0.2) is 25.1 Å². The number of nitrogens with one attached hydrogen (secondary N) is 1. The molecule has 4 aromatic rings. The summed E-state index contributed by atoms with van der Waals surface area (Å²) in [5, 5.41) is 8.12. The van der Waals surface area contributed by atoms with Gasteiger partial charge in [0.05, 0.1) is 16.2 Å². The number of amides is 1. The fourth-order valence-electron chi connectivity index (χ4n) is 2.59. The third-order valence-electron chi connectivity index (χ3n) is 3.77. The quantitative estimate of drug-likeness (QED) is 0.613. The number of carbonyl (C=O) groups is 1. The number of para-hydroxylation sites is 2. The number of aromatic nitrogens is 4. The van der Waals surface area contributed by atoms with Gasteiger partial charge in [-0.15, -0.1) is 5.10 Å². The van der Waals surface area contributed by atoms with Crippen molar-refractivity contribution >= 4 is 39.7 Å². The number of halogens is 1. The highest BCUT2D eigenvalue weighted by molar-refractivity contribution is 6.33. The Balaban J connectivity index is 1.69. The SMILES string of the molecule is O=C(Cn1nc2c3ccccc3ncn2c1=O)Nc1ccccc1Cl. The van der Waals surface area contributed by atoms with Gasteiger partial charge in [-0.25, -0.2) is 18.9 Å². The van der Waals surface area contributed by atoms with E-state index in [4.69, 9.17) is 11.6 Å². The molecule has 2 aromatic carbocycles. The molecule has 0 spiro atoms. The summed E-state index contributed by atoms with van der Waals surface area (Å²) >= 11 is 6.02. The van der Waals surface area contributed by atoms with Crippen molar-refractivity contribution < 1.29 is 4.79 Å². The molecule has 0 radical (unpaired) electrons. The second-order valence-corrected chi connectivity index (χ2v) is 5.83. The first-order valence-electron chi connectivity index (χ1n) is 7.51. The van der Waals surface area contributed by atoms with Gasteiger partial charge in [0, 0.05) is 5.39 Å². The molecule has 0 unspecified atom stereocenters. The van der Waals surface area contributed by atoms with Crippen molar-refractivity contribution in [3.05, 3.63) is 70.4 Å². The molecule has 0 aliphatic rings. The maximum absolute atomic E-state index is 12.4. The molecule has 2 aromatic heterocycles. The van der Waals surface area contributed by atoms with Gasteiger partial charge in [-0.1, -0.05) is 35.9 Å². The number of anilines is 1. The van der Waals surface area contributed by atoms with Gasteiger partial charge in [-0.2, -0.15) is 0 Å². The van der Waals surface area contributed by atoms with E-state index in [0.29, 0.717) is 16.4 Å². The zero-order valence-corrected chi connectivity index (χ0v) is 13.6. The average Bonchev–Trinajstić information content (AvgIpc) is 2.93. The molecule has 0 bridgehead atoms. The van der Waals surface area contributed by atoms with Crippen LogP contribution in [0.1, 0.15) is 0 Å². The smallest absolute Gasteiger partial charge is 0.323 e. The molecule has 4 rings (SSSR count). The first-order chi connectivity index (χ1) is 12.1. The normalized spacial score (nSPS) is 11.1. The Hall–Kier alpha value is -3.19. The molecule has 25 heavy (non-hydrogen) atoms. The lowest BCUT2D eigenvalue weighted by atomic mass is 10.2. The predicted molar refractivity (Wildman–Crippen MR) is 94.8 cm³/mol. The molecule has 1 amide bonds. The minimum absolute atomic E-state index is 0.222. The lowest BCUT2D eigenvalue weighted by molar-refractivity contribution is -0.117. The van der Waals surface area contributed by atoms with Crippen molar-refractivity contribution in [3.8, 4) is 0 Å². The number of hydrogen-bond acceptors (Lipinski definition) is 4. The summed E-state index contributed by atoms with van der Waals surface area (Å²) in [6.45, 7) is -0.222. The summed E-state index contributed by atoms with van der Waals surface area (Å²) in [6, 6.07) is 14.3. The Morgan fingerprint density at radius 3 is 2.72 bits per heavy atom. The fourth-order valence-corrected chi connectivity index (χ4v) is 2.78. The molecule has 1 N–H and O–H groups in total. The highest BCUT2D eigenvalue weighted by Gasteiger charge is 2.14. The average molecular weight is 354 g/mol. The summed E-state index contributed by atoms with van der Waals surface area (Å²) in [5.41, 5.74) is 1.24. The van der Waals surface area contributed by atoms with Gasteiger partial charge in [-0.05, 0) is 24.3 Å². The Morgan fingerprint density at radius 2 is 1.88 bits per heavy atom. The van der Waals surface area contributed by atoms with Crippen LogP contribution in [0.4, 0.5) is 5.69 Å². The first-order valence-corrected chi connectivity index (χ1v) is 7.88. The summed E-state index contributed by atoms with van der Waals surface area (Å²) in [4.78, 5) is 28.9. The van der Waals surface area contributed by atoms with E-state index in [-0.39, 0.29) is 6.54 Å². The van der Waals surface area contributed by atoms with E-state index < -0.39 is 11.6 Å². The lowest BCUT2D eigenvalue weighted by Crippen LogP contribution is -2.28. The van der Waals surface area contributed by atoms with Gasteiger partial charge in [0.25, 0.3) is 0 Å². The van der Waals surface area contributed by atoms with Gasteiger partial charge in [0.1, 0.15) is 12.9 Å². The highest BCUT2D eigenvalue weighted by Crippen LogP contribution is 2.20. The number of rotatable bonds is 3. The second kappa shape index (κ2) is 6.03. The van der Waals surface area contributed by atoms with Crippen LogP contribution >= 0.6 is 11.6 Å². The second-order valence-electron chi connectivity index (χ2n) is 5.42. The van der Waals surface area contributed by atoms with Crippen molar-refractivity contribution in [2.45, 2.75) is 6.54 Å². The number of hydrogen-bond donors (Lipinski definition) is 1. The van der Waals surface area contributed by atoms with Crippen molar-refractivity contribution in [2.24, 2.45) is 0 Å². The van der Waals surface area contributed by atoms with Crippen LogP contribution in [0.25, 0.3) is 16.6 Å². The van der Waals surface area contributed by atoms with E-state index in [2.05, 4.69) is 15.4 Å². The van der Waals surface area contributed by atoms with Crippen LogP contribution in [0.15, 0.2) is 59.7 Å². The van der Waals surface area contributed by atoms with Crippen LogP contribution in [0, 0.1) is 0 Å². The lowest BCUT2D eigenvalue weighted by Gasteiger charge is -2.06. The molecule has 7 nitrogen and oxygen atoms in total. The van der Waals surface area contributed by atoms with Crippen LogP contribution in [0.2, 0.25) is 5.02 Å². The maximum Gasteiger partial charge on any atom is 0.352 e. The van der Waals surface area contributed by atoms with E-state index >= 15 is 0 Å². The highest BCUT2D eigenvalue weighted by atomic mass is 35.5. The predicted octanol–water partition coefficient (Wildman–Crippen LogP) is 2.34. The zero-order chi connectivity index (χ0) is 17.4. The summed E-state index contributed by atoms with van der Waals surface area (Å²) in [6.07, 6.45) is 1.41. The van der Waals surface area contributed by atoms with Crippen LogP contribution in [-0.2, 0) is 11.3 Å². The Bertz CT molecular complexity index is 1160. The summed E-state index contributed by atoms with van der Waals surface area (Å²) < 4.78 is 2.43. The van der Waals surface area contributed by atoms with E-state index in [0.717, 1.165) is 15.6 Å². The molecule has 8 heteroatoms. The topological polar surface area (TPSA) is 81.3 Å². The standard InChI is InChI=1S/C17H12ClN5O2/c18-12-6-2-4-8-14(12)20-15(24)9-23-17(25)22-10-19-13-7-3-1-5-11(13)16(22)21-23/h1-8,10H,9H2,(H,20,24). The van der Waals surface area contributed by atoms with Crippen LogP contribution in [0.3, 0.4) is 0 Å². The Labute approximate surface area is 146 Å². The molecule has 0 atom stereocenters. The van der Waals surface area contributed by atoms with Gasteiger partial charge >= 0.3 is 5.69 Å². The Kier molecular flexibility index (Phi) is 3.70. The fraction of sp³-hybridized carbons (Fsp3) is 0.0588. The molecule has 0 aliphatic carbocycles. The number of nitrogens with zero attached hydrogens (tertiary/aromatic N) is 4. The number of fused-ring (bicyclic) bond motifs is 3. The molecular weight excluding hydrogens is 342 g/mol. The molecule has 2 heterocycles. The molecule has 0 aliphatic heterocycles. The van der Waals surface area contributed by atoms with E-state index in [1.54, 1.807) is 24.3 Å². The van der Waals surface area contributed by atoms with E-state index in [9.17, 15) is 9.59 Å². The first kappa shape index (κ1) is 15.3. The third kappa shape index (κ3) is 2.74. The van der Waals surface area contributed by atoms with E-state index in [1.165, 1.54) is 10.7 Å². The van der Waals surface area contributed by atoms with Crippen molar-refractivity contribution in [3.63, 3.8) is 0 Å². The Morgan fingerprint density at radius 1 is 1.12 bits per heavy atom. The number of carbonyl (C=O) groups excluding carboxylic acids is 1. The molecule has 0 fully saturated rings. The minimum Gasteiger partial charge on any atom is -0.323 e. The third-order valence-corrected chi connectivity index (χ3v) is 4.10. The van der Waals surface area contributed by atoms with Gasteiger partial charge in [0.2, 0.25) is 5.91 Å². The van der Waals surface area contributed by atoms with Gasteiger partial charge in [-0.3, -0.25) is 4.79 Å². The zero-order valence-electron chi connectivity index (χ0n) is 12.9. The van der Waals surface area contributed by atoms with Crippen molar-refractivity contribution in [2.75, 3.05) is 5.32 Å². The maximum atomic E-state index is 12.4. The van der Waals surface area contributed by atoms with Gasteiger partial charge < -0.3 is 5.32 Å². The summed E-state index contributed by atoms with van der Waals surface area (Å²) in [7, 11) is 0. The number of benzene rings is 2. The van der Waals surface area contributed by atoms with Gasteiger partial charge in [0.15, 0.2) is 5.65 Å². The minimum atomic E-state index is -0.428. The molecule has 124 valence electrons. The molecule has 0 saturated carbocycles. The van der Waals surface area contributed by atoms with Crippen molar-refractivity contribution in [1.82, 2.24) is 19.2 Å². The van der Waals surface area contributed by atoms with Crippen LogP contribution in [0.5, 0.6) is 0 Å². The molecule has 0 saturated heterocycles. The van der Waals surface area contributed by atoms with E-state index in [1.807, 2.05) is 24.3 Å². The summed E-state index contributed by atoms with van der Waals surface area (Å²) in [5.74, 6) is -0.393. The largest absolute Gasteiger partial charge is 0.352 e. The van der Waals surface area contributed by atoms with Crippen molar-refractivity contribution in [1.29, 1.82) is 0 Å². The monoisotopic (exact) mass is 353 g/mol. The van der Waals surface area contributed by atoms with Crippen LogP contribution < -0.4 is 11.0 Å². The molecular formula is C17H12ClN5O2.